The molecule has 35 heavy (non-hydrogen) atoms. The van der Waals surface area contributed by atoms with E-state index in [2.05, 4.69) is 15.5 Å². The molecule has 0 radical (unpaired) electrons. The largest absolute Gasteiger partial charge is 0.451 e. The van der Waals surface area contributed by atoms with E-state index >= 15 is 0 Å². The van der Waals surface area contributed by atoms with Crippen molar-refractivity contribution in [2.24, 2.45) is 0 Å². The van der Waals surface area contributed by atoms with E-state index in [0.717, 1.165) is 35.4 Å². The number of piperazine rings is 1. The Bertz CT molecular complexity index is 1330. The summed E-state index contributed by atoms with van der Waals surface area (Å²) in [5.41, 5.74) is 3.11. The van der Waals surface area contributed by atoms with Crippen molar-refractivity contribution >= 4 is 51.5 Å². The first-order chi connectivity index (χ1) is 17.1. The normalized spacial score (nSPS) is 13.5. The fourth-order valence-electron chi connectivity index (χ4n) is 4.09. The molecule has 8 heteroatoms. The number of furan rings is 1. The van der Waals surface area contributed by atoms with Gasteiger partial charge in [-0.05, 0) is 60.7 Å². The number of fused-ring (bicyclic) bond motifs is 1. The van der Waals surface area contributed by atoms with Crippen LogP contribution >= 0.6 is 12.2 Å². The van der Waals surface area contributed by atoms with Crippen molar-refractivity contribution in [3.05, 3.63) is 96.3 Å². The first-order valence-electron chi connectivity index (χ1n) is 11.4. The van der Waals surface area contributed by atoms with E-state index in [9.17, 15) is 9.59 Å². The minimum Gasteiger partial charge on any atom is -0.451 e. The minimum absolute atomic E-state index is 0.0774. The predicted molar refractivity (Wildman–Crippen MR) is 141 cm³/mol. The number of anilines is 2. The number of thiocarbonyl (C=S) groups is 1. The van der Waals surface area contributed by atoms with Gasteiger partial charge in [0.1, 0.15) is 5.58 Å². The molecular formula is C27H24N4O3S. The molecule has 1 aliphatic rings. The van der Waals surface area contributed by atoms with E-state index in [0.29, 0.717) is 24.4 Å². The van der Waals surface area contributed by atoms with Crippen molar-refractivity contribution in [2.75, 3.05) is 36.4 Å². The number of benzene rings is 3. The van der Waals surface area contributed by atoms with Gasteiger partial charge in [0.2, 0.25) is 0 Å². The van der Waals surface area contributed by atoms with Gasteiger partial charge in [-0.15, -0.1) is 0 Å². The second-order valence-corrected chi connectivity index (χ2v) is 8.66. The zero-order valence-corrected chi connectivity index (χ0v) is 19.8. The molecule has 0 spiro atoms. The van der Waals surface area contributed by atoms with Gasteiger partial charge >= 0.3 is 0 Å². The Hall–Kier alpha value is -4.17. The van der Waals surface area contributed by atoms with Crippen molar-refractivity contribution < 1.29 is 14.0 Å². The average Bonchev–Trinajstić information content (AvgIpc) is 3.34. The average molecular weight is 485 g/mol. The van der Waals surface area contributed by atoms with Gasteiger partial charge in [0.05, 0.1) is 0 Å². The molecule has 1 aromatic heterocycles. The molecule has 4 aromatic rings. The van der Waals surface area contributed by atoms with Crippen LogP contribution in [-0.2, 0) is 0 Å². The molecule has 0 aliphatic carbocycles. The van der Waals surface area contributed by atoms with Crippen LogP contribution in [0.4, 0.5) is 11.4 Å². The van der Waals surface area contributed by atoms with Crippen LogP contribution in [0.1, 0.15) is 20.9 Å². The lowest BCUT2D eigenvalue weighted by atomic mass is 10.2. The van der Waals surface area contributed by atoms with Gasteiger partial charge in [-0.3, -0.25) is 14.9 Å². The van der Waals surface area contributed by atoms with Gasteiger partial charge in [0.25, 0.3) is 11.8 Å². The van der Waals surface area contributed by atoms with Crippen LogP contribution in [0.5, 0.6) is 0 Å². The number of carbonyl (C=O) groups is 2. The SMILES string of the molecule is O=C(NC(=S)Nc1ccc(N2CCN(C(=O)c3cc4ccccc4o3)CC2)cc1)c1ccccc1. The minimum atomic E-state index is -0.255. The van der Waals surface area contributed by atoms with E-state index < -0.39 is 0 Å². The Balaban J connectivity index is 1.14. The molecule has 2 N–H and O–H groups in total. The Morgan fingerprint density at radius 2 is 1.51 bits per heavy atom. The number of nitrogens with one attached hydrogen (secondary N) is 2. The summed E-state index contributed by atoms with van der Waals surface area (Å²) in [4.78, 5) is 29.2. The molecule has 0 saturated carbocycles. The lowest BCUT2D eigenvalue weighted by Gasteiger charge is -2.35. The van der Waals surface area contributed by atoms with Crippen LogP contribution in [0.15, 0.2) is 89.3 Å². The van der Waals surface area contributed by atoms with Crippen molar-refractivity contribution in [1.29, 1.82) is 0 Å². The summed E-state index contributed by atoms with van der Waals surface area (Å²) in [5.74, 6) is 0.0478. The maximum Gasteiger partial charge on any atom is 0.289 e. The molecule has 1 aliphatic heterocycles. The monoisotopic (exact) mass is 484 g/mol. The predicted octanol–water partition coefficient (Wildman–Crippen LogP) is 4.52. The standard InChI is InChI=1S/C27H24N4O3S/c32-25(19-6-2-1-3-7-19)29-27(35)28-21-10-12-22(13-11-21)30-14-16-31(17-15-30)26(33)24-18-20-8-4-5-9-23(20)34-24/h1-13,18H,14-17H2,(H2,28,29,32,35). The Kier molecular flexibility index (Phi) is 6.45. The fraction of sp³-hybridized carbons (Fsp3) is 0.148. The van der Waals surface area contributed by atoms with Crippen molar-refractivity contribution in [2.45, 2.75) is 0 Å². The van der Waals surface area contributed by atoms with Gasteiger partial charge in [-0.25, -0.2) is 0 Å². The van der Waals surface area contributed by atoms with E-state index in [1.807, 2.05) is 65.6 Å². The number of para-hydroxylation sites is 1. The van der Waals surface area contributed by atoms with Crippen LogP contribution in [0.3, 0.4) is 0 Å². The summed E-state index contributed by atoms with van der Waals surface area (Å²) in [7, 11) is 0. The summed E-state index contributed by atoms with van der Waals surface area (Å²) in [6, 6.07) is 26.2. The fourth-order valence-corrected chi connectivity index (χ4v) is 4.30. The molecule has 0 atom stereocenters. The summed E-state index contributed by atoms with van der Waals surface area (Å²) < 4.78 is 5.74. The van der Waals surface area contributed by atoms with E-state index in [1.165, 1.54) is 0 Å². The third-order valence-corrected chi connectivity index (χ3v) is 6.16. The quantitative estimate of drug-likeness (QED) is 0.415. The Labute approximate surface area is 208 Å². The first kappa shape index (κ1) is 22.6. The molecule has 7 nitrogen and oxygen atoms in total. The van der Waals surface area contributed by atoms with Crippen LogP contribution < -0.4 is 15.5 Å². The molecule has 0 bridgehead atoms. The Morgan fingerprint density at radius 1 is 0.829 bits per heavy atom. The molecule has 5 rings (SSSR count). The molecule has 2 amide bonds. The lowest BCUT2D eigenvalue weighted by molar-refractivity contribution is 0.0717. The zero-order chi connectivity index (χ0) is 24.2. The number of nitrogens with zero attached hydrogens (tertiary/aromatic N) is 2. The van der Waals surface area contributed by atoms with Crippen LogP contribution in [0.2, 0.25) is 0 Å². The van der Waals surface area contributed by atoms with E-state index in [-0.39, 0.29) is 16.9 Å². The van der Waals surface area contributed by atoms with Gasteiger partial charge < -0.3 is 19.5 Å². The summed E-state index contributed by atoms with van der Waals surface area (Å²) >= 11 is 5.27. The smallest absolute Gasteiger partial charge is 0.289 e. The summed E-state index contributed by atoms with van der Waals surface area (Å²) in [6.45, 7) is 2.69. The Morgan fingerprint density at radius 3 is 2.23 bits per heavy atom. The van der Waals surface area contributed by atoms with Crippen molar-refractivity contribution in [1.82, 2.24) is 10.2 Å². The van der Waals surface area contributed by atoms with E-state index in [4.69, 9.17) is 16.6 Å². The first-order valence-corrected chi connectivity index (χ1v) is 11.8. The maximum atomic E-state index is 12.9. The van der Waals surface area contributed by atoms with Crippen LogP contribution in [0.25, 0.3) is 11.0 Å². The van der Waals surface area contributed by atoms with Gasteiger partial charge in [-0.2, -0.15) is 0 Å². The molecule has 3 aromatic carbocycles. The molecule has 0 unspecified atom stereocenters. The highest BCUT2D eigenvalue weighted by Gasteiger charge is 2.24. The van der Waals surface area contributed by atoms with Gasteiger partial charge in [0, 0.05) is 48.5 Å². The number of rotatable bonds is 4. The molecule has 1 fully saturated rings. The maximum absolute atomic E-state index is 12.9. The highest BCUT2D eigenvalue weighted by Crippen LogP contribution is 2.23. The summed E-state index contributed by atoms with van der Waals surface area (Å²) in [6.07, 6.45) is 0. The second-order valence-electron chi connectivity index (χ2n) is 8.25. The van der Waals surface area contributed by atoms with Crippen molar-refractivity contribution in [3.8, 4) is 0 Å². The topological polar surface area (TPSA) is 77.8 Å². The number of hydrogen-bond donors (Lipinski definition) is 2. The third-order valence-electron chi connectivity index (χ3n) is 5.96. The van der Waals surface area contributed by atoms with Gasteiger partial charge in [-0.1, -0.05) is 36.4 Å². The highest BCUT2D eigenvalue weighted by molar-refractivity contribution is 7.80. The molecule has 176 valence electrons. The molecular weight excluding hydrogens is 460 g/mol. The molecule has 1 saturated heterocycles. The zero-order valence-electron chi connectivity index (χ0n) is 18.9. The summed E-state index contributed by atoms with van der Waals surface area (Å²) in [5, 5.41) is 6.90. The highest BCUT2D eigenvalue weighted by atomic mass is 32.1. The number of hydrogen-bond acceptors (Lipinski definition) is 5. The second kappa shape index (κ2) is 9.99. The number of carbonyl (C=O) groups excluding carboxylic acids is 2. The lowest BCUT2D eigenvalue weighted by Crippen LogP contribution is -2.48. The van der Waals surface area contributed by atoms with Crippen LogP contribution in [0, 0.1) is 0 Å². The number of amides is 2. The van der Waals surface area contributed by atoms with E-state index in [1.54, 1.807) is 24.3 Å². The van der Waals surface area contributed by atoms with Gasteiger partial charge in [0.15, 0.2) is 10.9 Å². The molecule has 2 heterocycles. The third kappa shape index (κ3) is 5.17. The van der Waals surface area contributed by atoms with Crippen LogP contribution in [-0.4, -0.2) is 48.0 Å². The van der Waals surface area contributed by atoms with Crippen molar-refractivity contribution in [3.63, 3.8) is 0 Å².